The Bertz CT molecular complexity index is 418. The van der Waals surface area contributed by atoms with Crippen LogP contribution >= 0.6 is 0 Å². The van der Waals surface area contributed by atoms with E-state index in [4.69, 9.17) is 4.74 Å². The SMILES string of the molecule is OCC1(CNCC(O)COc2ccc(F)cc2)CCCC1. The molecule has 0 bridgehead atoms. The van der Waals surface area contributed by atoms with E-state index in [2.05, 4.69) is 5.32 Å². The number of aliphatic hydroxyl groups excluding tert-OH is 2. The highest BCUT2D eigenvalue weighted by atomic mass is 19.1. The zero-order valence-electron chi connectivity index (χ0n) is 12.2. The van der Waals surface area contributed by atoms with Crippen LogP contribution < -0.4 is 10.1 Å². The van der Waals surface area contributed by atoms with Crippen LogP contribution in [-0.4, -0.2) is 42.6 Å². The second-order valence-corrected chi connectivity index (χ2v) is 5.91. The lowest BCUT2D eigenvalue weighted by atomic mass is 9.87. The number of rotatable bonds is 8. The zero-order chi connectivity index (χ0) is 15.1. The molecule has 4 nitrogen and oxygen atoms in total. The molecule has 0 heterocycles. The molecule has 1 aliphatic rings. The number of hydrogen-bond donors (Lipinski definition) is 3. The molecule has 1 aliphatic carbocycles. The van der Waals surface area contributed by atoms with Crippen LogP contribution in [0.4, 0.5) is 4.39 Å². The van der Waals surface area contributed by atoms with Gasteiger partial charge in [0.05, 0.1) is 0 Å². The van der Waals surface area contributed by atoms with Crippen molar-refractivity contribution >= 4 is 0 Å². The van der Waals surface area contributed by atoms with Crippen LogP contribution in [0.3, 0.4) is 0 Å². The predicted molar refractivity (Wildman–Crippen MR) is 78.8 cm³/mol. The van der Waals surface area contributed by atoms with Crippen LogP contribution in [0.25, 0.3) is 0 Å². The zero-order valence-corrected chi connectivity index (χ0v) is 12.2. The van der Waals surface area contributed by atoms with Crippen molar-refractivity contribution in [3.8, 4) is 5.75 Å². The molecular formula is C16H24FNO3. The van der Waals surface area contributed by atoms with Crippen molar-refractivity contribution in [3.05, 3.63) is 30.1 Å². The number of aliphatic hydroxyl groups is 2. The van der Waals surface area contributed by atoms with Gasteiger partial charge in [0.2, 0.25) is 0 Å². The van der Waals surface area contributed by atoms with Gasteiger partial charge in [-0.15, -0.1) is 0 Å². The smallest absolute Gasteiger partial charge is 0.123 e. The van der Waals surface area contributed by atoms with E-state index in [1.54, 1.807) is 0 Å². The van der Waals surface area contributed by atoms with Crippen LogP contribution in [0.5, 0.6) is 5.75 Å². The van der Waals surface area contributed by atoms with Crippen LogP contribution in [0, 0.1) is 11.2 Å². The maximum atomic E-state index is 12.7. The minimum Gasteiger partial charge on any atom is -0.491 e. The van der Waals surface area contributed by atoms with Gasteiger partial charge in [0.25, 0.3) is 0 Å². The van der Waals surface area contributed by atoms with E-state index in [1.807, 2.05) is 0 Å². The molecule has 1 atom stereocenters. The van der Waals surface area contributed by atoms with Crippen molar-refractivity contribution < 1.29 is 19.3 Å². The standard InChI is InChI=1S/C16H24FNO3/c17-13-3-5-15(6-4-13)21-10-14(20)9-18-11-16(12-19)7-1-2-8-16/h3-6,14,18-20H,1-2,7-12H2. The van der Waals surface area contributed by atoms with Gasteiger partial charge in [0, 0.05) is 25.1 Å². The van der Waals surface area contributed by atoms with Crippen LogP contribution in [0.15, 0.2) is 24.3 Å². The van der Waals surface area contributed by atoms with Crippen LogP contribution in [0.1, 0.15) is 25.7 Å². The van der Waals surface area contributed by atoms with E-state index in [0.717, 1.165) is 19.4 Å². The Kier molecular flexibility index (Phi) is 5.96. The first-order chi connectivity index (χ1) is 10.1. The van der Waals surface area contributed by atoms with Crippen LogP contribution in [0.2, 0.25) is 0 Å². The Hall–Kier alpha value is -1.17. The Balaban J connectivity index is 1.65. The second-order valence-electron chi connectivity index (χ2n) is 5.91. The maximum Gasteiger partial charge on any atom is 0.123 e. The molecule has 118 valence electrons. The molecule has 0 aliphatic heterocycles. The minimum absolute atomic E-state index is 0.0163. The first-order valence-electron chi connectivity index (χ1n) is 7.52. The van der Waals surface area contributed by atoms with E-state index in [-0.39, 0.29) is 24.4 Å². The summed E-state index contributed by atoms with van der Waals surface area (Å²) in [5, 5.41) is 22.6. The summed E-state index contributed by atoms with van der Waals surface area (Å²) in [6.07, 6.45) is 3.78. The molecule has 5 heteroatoms. The Morgan fingerprint density at radius 2 is 1.90 bits per heavy atom. The first-order valence-corrected chi connectivity index (χ1v) is 7.52. The van der Waals surface area contributed by atoms with Gasteiger partial charge in [-0.3, -0.25) is 0 Å². The molecule has 1 unspecified atom stereocenters. The molecule has 0 radical (unpaired) electrons. The molecule has 2 rings (SSSR count). The van der Waals surface area contributed by atoms with Gasteiger partial charge in [-0.25, -0.2) is 4.39 Å². The molecule has 1 aromatic rings. The molecule has 1 saturated carbocycles. The summed E-state index contributed by atoms with van der Waals surface area (Å²) in [5.41, 5.74) is -0.0163. The normalized spacial score (nSPS) is 18.6. The van der Waals surface area contributed by atoms with Gasteiger partial charge in [-0.05, 0) is 37.1 Å². The van der Waals surface area contributed by atoms with Gasteiger partial charge >= 0.3 is 0 Å². The molecule has 1 fully saturated rings. The number of nitrogens with one attached hydrogen (secondary N) is 1. The summed E-state index contributed by atoms with van der Waals surface area (Å²) in [7, 11) is 0. The topological polar surface area (TPSA) is 61.7 Å². The van der Waals surface area contributed by atoms with E-state index >= 15 is 0 Å². The highest BCUT2D eigenvalue weighted by Gasteiger charge is 2.32. The predicted octanol–water partition coefficient (Wildman–Crippen LogP) is 1.71. The number of ether oxygens (including phenoxy) is 1. The lowest BCUT2D eigenvalue weighted by molar-refractivity contribution is 0.0917. The Morgan fingerprint density at radius 3 is 2.52 bits per heavy atom. The van der Waals surface area contributed by atoms with Crippen molar-refractivity contribution in [2.75, 3.05) is 26.3 Å². The van der Waals surface area contributed by atoms with Gasteiger partial charge in [0.1, 0.15) is 24.3 Å². The summed E-state index contributed by atoms with van der Waals surface area (Å²) in [6.45, 7) is 1.49. The van der Waals surface area contributed by atoms with E-state index in [0.29, 0.717) is 12.3 Å². The summed E-state index contributed by atoms with van der Waals surface area (Å²) >= 11 is 0. The number of benzene rings is 1. The highest BCUT2D eigenvalue weighted by molar-refractivity contribution is 5.22. The molecule has 0 aromatic heterocycles. The minimum atomic E-state index is -0.632. The van der Waals surface area contributed by atoms with Crippen molar-refractivity contribution in [2.45, 2.75) is 31.8 Å². The van der Waals surface area contributed by atoms with Gasteiger partial charge < -0.3 is 20.3 Å². The third kappa shape index (κ3) is 4.95. The molecule has 3 N–H and O–H groups in total. The quantitative estimate of drug-likeness (QED) is 0.683. The molecular weight excluding hydrogens is 273 g/mol. The molecule has 0 amide bonds. The third-order valence-electron chi connectivity index (χ3n) is 4.14. The second kappa shape index (κ2) is 7.73. The summed E-state index contributed by atoms with van der Waals surface area (Å²) in [5.74, 6) is 0.230. The van der Waals surface area contributed by atoms with Crippen LogP contribution in [-0.2, 0) is 0 Å². The number of hydrogen-bond acceptors (Lipinski definition) is 4. The van der Waals surface area contributed by atoms with E-state index in [9.17, 15) is 14.6 Å². The largest absolute Gasteiger partial charge is 0.491 e. The average Bonchev–Trinajstić information content (AvgIpc) is 2.96. The van der Waals surface area contributed by atoms with Gasteiger partial charge in [-0.1, -0.05) is 12.8 Å². The Labute approximate surface area is 124 Å². The highest BCUT2D eigenvalue weighted by Crippen LogP contribution is 2.36. The summed E-state index contributed by atoms with van der Waals surface area (Å²) < 4.78 is 18.1. The summed E-state index contributed by atoms with van der Waals surface area (Å²) in [6, 6.07) is 5.72. The van der Waals surface area contributed by atoms with Crippen molar-refractivity contribution in [3.63, 3.8) is 0 Å². The van der Waals surface area contributed by atoms with Crippen molar-refractivity contribution in [2.24, 2.45) is 5.41 Å². The third-order valence-corrected chi connectivity index (χ3v) is 4.14. The molecule has 0 saturated heterocycles. The first kappa shape index (κ1) is 16.2. The lowest BCUT2D eigenvalue weighted by Gasteiger charge is -2.27. The fourth-order valence-corrected chi connectivity index (χ4v) is 2.80. The summed E-state index contributed by atoms with van der Waals surface area (Å²) in [4.78, 5) is 0. The van der Waals surface area contributed by atoms with Crippen molar-refractivity contribution in [1.29, 1.82) is 0 Å². The van der Waals surface area contributed by atoms with E-state index < -0.39 is 6.10 Å². The molecule has 0 spiro atoms. The number of halogens is 1. The van der Waals surface area contributed by atoms with Gasteiger partial charge in [-0.2, -0.15) is 0 Å². The Morgan fingerprint density at radius 1 is 1.24 bits per heavy atom. The van der Waals surface area contributed by atoms with Crippen molar-refractivity contribution in [1.82, 2.24) is 5.32 Å². The molecule has 1 aromatic carbocycles. The molecule has 21 heavy (non-hydrogen) atoms. The van der Waals surface area contributed by atoms with E-state index in [1.165, 1.54) is 37.1 Å². The fourth-order valence-electron chi connectivity index (χ4n) is 2.80. The fraction of sp³-hybridized carbons (Fsp3) is 0.625. The lowest BCUT2D eigenvalue weighted by Crippen LogP contribution is -2.40. The average molecular weight is 297 g/mol. The monoisotopic (exact) mass is 297 g/mol. The maximum absolute atomic E-state index is 12.7. The van der Waals surface area contributed by atoms with Gasteiger partial charge in [0.15, 0.2) is 0 Å².